The molecule has 0 aliphatic carbocycles. The molecule has 1 saturated heterocycles. The van der Waals surface area contributed by atoms with Crippen LogP contribution in [-0.2, 0) is 0 Å². The molecule has 0 spiro atoms. The van der Waals surface area contributed by atoms with Crippen LogP contribution >= 0.6 is 11.6 Å². The molecule has 4 nitrogen and oxygen atoms in total. The summed E-state index contributed by atoms with van der Waals surface area (Å²) in [7, 11) is 0. The van der Waals surface area contributed by atoms with Gasteiger partial charge >= 0.3 is 0 Å². The van der Waals surface area contributed by atoms with E-state index in [-0.39, 0.29) is 0 Å². The molecular weight excluding hydrogens is 272 g/mol. The van der Waals surface area contributed by atoms with E-state index in [1.165, 1.54) is 5.56 Å². The number of pyridine rings is 2. The minimum Gasteiger partial charge on any atom is -0.343 e. The third-order valence-electron chi connectivity index (χ3n) is 3.75. The molecule has 1 aliphatic heterocycles. The smallest absolute Gasteiger partial charge is 0.139 e. The third kappa shape index (κ3) is 2.45. The van der Waals surface area contributed by atoms with Crippen molar-refractivity contribution in [1.82, 2.24) is 15.3 Å². The fourth-order valence-corrected chi connectivity index (χ4v) is 2.86. The summed E-state index contributed by atoms with van der Waals surface area (Å²) in [6, 6.07) is 1.95. The number of halogens is 1. The fourth-order valence-electron chi connectivity index (χ4n) is 2.70. The normalized spacial score (nSPS) is 16.1. The summed E-state index contributed by atoms with van der Waals surface area (Å²) in [5, 5.41) is 6.17. The number of aromatic nitrogens is 2. The first-order valence-electron chi connectivity index (χ1n) is 7.06. The van der Waals surface area contributed by atoms with E-state index in [9.17, 15) is 0 Å². The van der Waals surface area contributed by atoms with Gasteiger partial charge < -0.3 is 4.90 Å². The Morgan fingerprint density at radius 3 is 2.80 bits per heavy atom. The second-order valence-corrected chi connectivity index (χ2v) is 5.91. The molecule has 1 fully saturated rings. The van der Waals surface area contributed by atoms with Gasteiger partial charge in [-0.15, -0.1) is 0 Å². The Balaban J connectivity index is 2.16. The molecule has 0 bridgehead atoms. The van der Waals surface area contributed by atoms with E-state index in [0.29, 0.717) is 11.1 Å². The summed E-state index contributed by atoms with van der Waals surface area (Å²) in [6.45, 7) is 7.28. The maximum atomic E-state index is 6.08. The number of rotatable bonds is 2. The van der Waals surface area contributed by atoms with Gasteiger partial charge in [0, 0.05) is 24.3 Å². The van der Waals surface area contributed by atoms with Crippen molar-refractivity contribution < 1.29 is 0 Å². The molecule has 1 N–H and O–H groups in total. The van der Waals surface area contributed by atoms with Gasteiger partial charge in [-0.05, 0) is 35.9 Å². The summed E-state index contributed by atoms with van der Waals surface area (Å²) in [5.41, 5.74) is 1.22. The first kappa shape index (κ1) is 13.6. The second-order valence-electron chi connectivity index (χ2n) is 5.52. The molecule has 0 atom stereocenters. The topological polar surface area (TPSA) is 41.1 Å². The van der Waals surface area contributed by atoms with Gasteiger partial charge in [-0.25, -0.2) is 9.97 Å². The maximum absolute atomic E-state index is 6.08. The van der Waals surface area contributed by atoms with Crippen LogP contribution < -0.4 is 10.2 Å². The Kier molecular flexibility index (Phi) is 3.76. The van der Waals surface area contributed by atoms with Crippen molar-refractivity contribution >= 4 is 28.2 Å². The Morgan fingerprint density at radius 2 is 2.10 bits per heavy atom. The summed E-state index contributed by atoms with van der Waals surface area (Å²) in [5.74, 6) is 1.41. The van der Waals surface area contributed by atoms with E-state index in [4.69, 9.17) is 11.6 Å². The minimum atomic E-state index is 0.414. The number of nitrogens with zero attached hydrogens (tertiary/aromatic N) is 3. The van der Waals surface area contributed by atoms with Gasteiger partial charge in [0.15, 0.2) is 0 Å². The lowest BCUT2D eigenvalue weighted by molar-refractivity contribution is 0.550. The van der Waals surface area contributed by atoms with Crippen molar-refractivity contribution in [3.05, 3.63) is 29.2 Å². The number of hydrogen-bond acceptors (Lipinski definition) is 4. The van der Waals surface area contributed by atoms with Crippen LogP contribution in [0.4, 0.5) is 5.82 Å². The molecule has 0 aromatic carbocycles. The lowest BCUT2D eigenvalue weighted by Gasteiger charge is -2.29. The van der Waals surface area contributed by atoms with Gasteiger partial charge in [-0.2, -0.15) is 0 Å². The monoisotopic (exact) mass is 290 g/mol. The Labute approximate surface area is 124 Å². The van der Waals surface area contributed by atoms with Crippen LogP contribution in [-0.4, -0.2) is 29.7 Å². The van der Waals surface area contributed by atoms with Crippen molar-refractivity contribution in [1.29, 1.82) is 0 Å². The van der Waals surface area contributed by atoms with Gasteiger partial charge in [0.1, 0.15) is 11.0 Å². The summed E-state index contributed by atoms with van der Waals surface area (Å²) < 4.78 is 0. The van der Waals surface area contributed by atoms with Crippen LogP contribution in [0, 0.1) is 0 Å². The highest BCUT2D eigenvalue weighted by molar-refractivity contribution is 6.30. The number of hydrogen-bond donors (Lipinski definition) is 1. The highest BCUT2D eigenvalue weighted by Gasteiger charge is 2.17. The quantitative estimate of drug-likeness (QED) is 0.863. The molecule has 0 amide bonds. The highest BCUT2D eigenvalue weighted by Crippen LogP contribution is 2.32. The summed E-state index contributed by atoms with van der Waals surface area (Å²) >= 11 is 6.08. The minimum absolute atomic E-state index is 0.414. The van der Waals surface area contributed by atoms with Crippen molar-refractivity contribution in [2.24, 2.45) is 0 Å². The second kappa shape index (κ2) is 5.54. The highest BCUT2D eigenvalue weighted by atomic mass is 35.5. The van der Waals surface area contributed by atoms with Gasteiger partial charge in [-0.3, -0.25) is 5.32 Å². The molecule has 2 aromatic heterocycles. The van der Waals surface area contributed by atoms with Gasteiger partial charge in [0.25, 0.3) is 0 Å². The van der Waals surface area contributed by atoms with E-state index in [2.05, 4.69) is 34.0 Å². The number of nitrogens with one attached hydrogen (secondary N) is 1. The van der Waals surface area contributed by atoms with E-state index in [0.717, 1.165) is 42.8 Å². The van der Waals surface area contributed by atoms with Crippen LogP contribution in [0.25, 0.3) is 10.8 Å². The lowest BCUT2D eigenvalue weighted by Crippen LogP contribution is -2.42. The fraction of sp³-hybridized carbons (Fsp3) is 0.467. The van der Waals surface area contributed by atoms with Crippen LogP contribution in [0.1, 0.15) is 31.7 Å². The zero-order valence-electron chi connectivity index (χ0n) is 11.9. The summed E-state index contributed by atoms with van der Waals surface area (Å²) in [6.07, 6.45) is 4.96. The van der Waals surface area contributed by atoms with Crippen molar-refractivity contribution in [3.63, 3.8) is 0 Å². The molecule has 0 saturated carbocycles. The molecule has 0 radical (unpaired) electrons. The molecule has 20 heavy (non-hydrogen) atoms. The SMILES string of the molecule is CC(C)c1cnc(N2CCCNC2)c2cnc(Cl)cc12. The molecule has 106 valence electrons. The Morgan fingerprint density at radius 1 is 1.25 bits per heavy atom. The van der Waals surface area contributed by atoms with Gasteiger partial charge in [0.05, 0.1) is 6.67 Å². The van der Waals surface area contributed by atoms with E-state index >= 15 is 0 Å². The van der Waals surface area contributed by atoms with Crippen LogP contribution in [0.15, 0.2) is 18.5 Å². The molecule has 3 rings (SSSR count). The Bertz CT molecular complexity index is 621. The predicted octanol–water partition coefficient (Wildman–Crippen LogP) is 3.16. The molecule has 5 heteroatoms. The van der Waals surface area contributed by atoms with Crippen molar-refractivity contribution in [2.45, 2.75) is 26.2 Å². The lowest BCUT2D eigenvalue weighted by atomic mass is 9.99. The van der Waals surface area contributed by atoms with Gasteiger partial charge in [-0.1, -0.05) is 25.4 Å². The first-order valence-corrected chi connectivity index (χ1v) is 7.44. The van der Waals surface area contributed by atoms with E-state index < -0.39 is 0 Å². The van der Waals surface area contributed by atoms with E-state index in [1.54, 1.807) is 0 Å². The average Bonchev–Trinajstić information content (AvgIpc) is 2.46. The Hall–Kier alpha value is -1.39. The zero-order chi connectivity index (χ0) is 14.1. The third-order valence-corrected chi connectivity index (χ3v) is 3.96. The van der Waals surface area contributed by atoms with Crippen LogP contribution in [0.5, 0.6) is 0 Å². The zero-order valence-corrected chi connectivity index (χ0v) is 12.6. The van der Waals surface area contributed by atoms with Crippen LogP contribution in [0.2, 0.25) is 5.15 Å². The predicted molar refractivity (Wildman–Crippen MR) is 83.5 cm³/mol. The maximum Gasteiger partial charge on any atom is 0.139 e. The molecular formula is C15H19ClN4. The molecule has 3 heterocycles. The molecule has 2 aromatic rings. The van der Waals surface area contributed by atoms with E-state index in [1.807, 2.05) is 18.5 Å². The standard InChI is InChI=1S/C15H19ClN4/c1-10(2)12-7-19-15(20-5-3-4-17-9-20)13-8-18-14(16)6-11(12)13/h6-8,10,17H,3-5,9H2,1-2H3. The molecule has 1 aliphatic rings. The largest absolute Gasteiger partial charge is 0.343 e. The van der Waals surface area contributed by atoms with Gasteiger partial charge in [0.2, 0.25) is 0 Å². The summed E-state index contributed by atoms with van der Waals surface area (Å²) in [4.78, 5) is 11.2. The van der Waals surface area contributed by atoms with Crippen LogP contribution in [0.3, 0.4) is 0 Å². The average molecular weight is 291 g/mol. The molecule has 0 unspecified atom stereocenters. The number of fused-ring (bicyclic) bond motifs is 1. The van der Waals surface area contributed by atoms with Crippen molar-refractivity contribution in [2.75, 3.05) is 24.7 Å². The van der Waals surface area contributed by atoms with Crippen molar-refractivity contribution in [3.8, 4) is 0 Å². The first-order chi connectivity index (χ1) is 9.66. The number of anilines is 1.